The number of carbonyl (C=O) groups excluding carboxylic acids is 1. The molecule has 0 bridgehead atoms. The first kappa shape index (κ1) is 24.2. The molecule has 0 spiro atoms. The van der Waals surface area contributed by atoms with Crippen molar-refractivity contribution in [3.63, 3.8) is 0 Å². The highest BCUT2D eigenvalue weighted by atomic mass is 32.2. The van der Waals surface area contributed by atoms with Gasteiger partial charge in [-0.15, -0.1) is 0 Å². The Bertz CT molecular complexity index is 1360. The lowest BCUT2D eigenvalue weighted by Crippen LogP contribution is -2.32. The van der Waals surface area contributed by atoms with E-state index in [1.165, 1.54) is 24.3 Å². The van der Waals surface area contributed by atoms with Crippen LogP contribution in [0.5, 0.6) is 11.6 Å². The zero-order chi connectivity index (χ0) is 24.6. The van der Waals surface area contributed by atoms with E-state index in [4.69, 9.17) is 4.74 Å². The summed E-state index contributed by atoms with van der Waals surface area (Å²) in [6.07, 6.45) is 0. The summed E-state index contributed by atoms with van der Waals surface area (Å²) in [5.41, 5.74) is 2.47. The largest absolute Gasteiger partial charge is 0.438 e. The second kappa shape index (κ2) is 8.82. The standard InChI is InChI=1S/C24H27N3O5S/c1-14-12-15(2)21(16(3)13-14)32-23-17(10-11-18(25-23)24(4,5)6)22(29)27-33(30,31)20-9-7-8-19(28)26-20/h7-13H,1-6H3,(H,26,28)(H,27,29). The molecule has 2 N–H and O–H groups in total. The van der Waals surface area contributed by atoms with Crippen molar-refractivity contribution >= 4 is 15.9 Å². The summed E-state index contributed by atoms with van der Waals surface area (Å²) < 4.78 is 33.4. The van der Waals surface area contributed by atoms with Crippen LogP contribution >= 0.6 is 0 Å². The molecule has 0 saturated heterocycles. The Morgan fingerprint density at radius 2 is 1.67 bits per heavy atom. The molecule has 0 saturated carbocycles. The monoisotopic (exact) mass is 469 g/mol. The number of ether oxygens (including phenoxy) is 1. The third-order valence-corrected chi connectivity index (χ3v) is 6.21. The van der Waals surface area contributed by atoms with Gasteiger partial charge in [-0.05, 0) is 50.1 Å². The maximum Gasteiger partial charge on any atom is 0.279 e. The molecule has 1 amide bonds. The van der Waals surface area contributed by atoms with E-state index >= 15 is 0 Å². The molecule has 2 heterocycles. The van der Waals surface area contributed by atoms with Crippen molar-refractivity contribution in [3.05, 3.63) is 80.8 Å². The van der Waals surface area contributed by atoms with E-state index in [9.17, 15) is 18.0 Å². The summed E-state index contributed by atoms with van der Waals surface area (Å²) in [4.78, 5) is 31.3. The molecule has 174 valence electrons. The number of hydrogen-bond donors (Lipinski definition) is 2. The Hall–Kier alpha value is -3.46. The smallest absolute Gasteiger partial charge is 0.279 e. The number of aryl methyl sites for hydroxylation is 3. The van der Waals surface area contributed by atoms with E-state index in [-0.39, 0.29) is 16.9 Å². The van der Waals surface area contributed by atoms with Gasteiger partial charge in [0.05, 0.1) is 0 Å². The molecule has 0 aliphatic heterocycles. The molecule has 3 aromatic rings. The number of carbonyl (C=O) groups is 1. The van der Waals surface area contributed by atoms with Gasteiger partial charge in [0.2, 0.25) is 11.4 Å². The molecule has 0 atom stereocenters. The molecule has 0 fully saturated rings. The van der Waals surface area contributed by atoms with Crippen LogP contribution in [0.25, 0.3) is 0 Å². The first-order valence-electron chi connectivity index (χ1n) is 10.3. The minimum Gasteiger partial charge on any atom is -0.438 e. The van der Waals surface area contributed by atoms with Crippen molar-refractivity contribution in [3.8, 4) is 11.6 Å². The topological polar surface area (TPSA) is 118 Å². The number of nitrogens with zero attached hydrogens (tertiary/aromatic N) is 1. The van der Waals surface area contributed by atoms with E-state index in [1.54, 1.807) is 6.07 Å². The van der Waals surface area contributed by atoms with Gasteiger partial charge in [0.1, 0.15) is 11.3 Å². The molecule has 1 aromatic carbocycles. The Morgan fingerprint density at radius 1 is 1.03 bits per heavy atom. The minimum absolute atomic E-state index is 0.00765. The van der Waals surface area contributed by atoms with Gasteiger partial charge in [0, 0.05) is 17.2 Å². The van der Waals surface area contributed by atoms with Crippen molar-refractivity contribution < 1.29 is 17.9 Å². The predicted octanol–water partition coefficient (Wildman–Crippen LogP) is 3.90. The number of rotatable bonds is 5. The van der Waals surface area contributed by atoms with Crippen molar-refractivity contribution in [2.24, 2.45) is 0 Å². The molecule has 33 heavy (non-hydrogen) atoms. The van der Waals surface area contributed by atoms with E-state index in [1.807, 2.05) is 58.4 Å². The fourth-order valence-electron chi connectivity index (χ4n) is 3.35. The third kappa shape index (κ3) is 5.48. The van der Waals surface area contributed by atoms with E-state index < -0.39 is 26.5 Å². The summed E-state index contributed by atoms with van der Waals surface area (Å²) in [6, 6.07) is 10.7. The first-order valence-corrected chi connectivity index (χ1v) is 11.8. The van der Waals surface area contributed by atoms with E-state index in [0.717, 1.165) is 16.7 Å². The van der Waals surface area contributed by atoms with Gasteiger partial charge in [-0.2, -0.15) is 8.42 Å². The second-order valence-corrected chi connectivity index (χ2v) is 10.6. The summed E-state index contributed by atoms with van der Waals surface area (Å²) >= 11 is 0. The average molecular weight is 470 g/mol. The fourth-order valence-corrected chi connectivity index (χ4v) is 4.31. The number of amides is 1. The van der Waals surface area contributed by atoms with Gasteiger partial charge in [0.15, 0.2) is 5.03 Å². The summed E-state index contributed by atoms with van der Waals surface area (Å²) in [6.45, 7) is 11.7. The van der Waals surface area contributed by atoms with Gasteiger partial charge in [-0.1, -0.05) is 44.5 Å². The van der Waals surface area contributed by atoms with Gasteiger partial charge >= 0.3 is 0 Å². The molecule has 0 unspecified atom stereocenters. The quantitative estimate of drug-likeness (QED) is 0.585. The maximum atomic E-state index is 13.0. The highest BCUT2D eigenvalue weighted by Gasteiger charge is 2.26. The SMILES string of the molecule is Cc1cc(C)c(Oc2nc(C(C)(C)C)ccc2C(=O)NS(=O)(=O)c2cccc(=O)[nH]2)c(C)c1. The van der Waals surface area contributed by atoms with Crippen LogP contribution in [-0.4, -0.2) is 24.3 Å². The Morgan fingerprint density at radius 3 is 2.24 bits per heavy atom. The summed E-state index contributed by atoms with van der Waals surface area (Å²) in [5, 5.41) is -0.421. The molecule has 0 aliphatic rings. The van der Waals surface area contributed by atoms with E-state index in [0.29, 0.717) is 11.4 Å². The van der Waals surface area contributed by atoms with Crippen LogP contribution in [0.15, 0.2) is 52.3 Å². The van der Waals surface area contributed by atoms with Crippen molar-refractivity contribution in [1.82, 2.24) is 14.7 Å². The third-order valence-electron chi connectivity index (χ3n) is 4.93. The Labute approximate surface area is 193 Å². The number of H-pyrrole nitrogens is 1. The van der Waals surface area contributed by atoms with E-state index in [2.05, 4.69) is 9.97 Å². The highest BCUT2D eigenvalue weighted by Crippen LogP contribution is 2.32. The summed E-state index contributed by atoms with van der Waals surface area (Å²) in [7, 11) is -4.32. The normalized spacial score (nSPS) is 11.8. The number of benzene rings is 1. The van der Waals surface area contributed by atoms with Crippen molar-refractivity contribution in [2.45, 2.75) is 52.0 Å². The van der Waals surface area contributed by atoms with Gasteiger partial charge in [-0.3, -0.25) is 9.59 Å². The first-order chi connectivity index (χ1) is 15.3. The van der Waals surface area contributed by atoms with Crippen molar-refractivity contribution in [2.75, 3.05) is 0 Å². The summed E-state index contributed by atoms with van der Waals surface area (Å²) in [5.74, 6) is -0.389. The number of sulfonamides is 1. The Balaban J connectivity index is 2.06. The van der Waals surface area contributed by atoms with Crippen LogP contribution in [0, 0.1) is 20.8 Å². The number of aromatic nitrogens is 2. The molecule has 0 aliphatic carbocycles. The van der Waals surface area contributed by atoms with Crippen LogP contribution in [0.3, 0.4) is 0 Å². The van der Waals surface area contributed by atoms with Crippen LogP contribution in [0.2, 0.25) is 0 Å². The van der Waals surface area contributed by atoms with Crippen LogP contribution < -0.4 is 15.0 Å². The second-order valence-electron chi connectivity index (χ2n) is 8.94. The number of nitrogens with one attached hydrogen (secondary N) is 2. The maximum absolute atomic E-state index is 13.0. The molecule has 8 nitrogen and oxygen atoms in total. The number of pyridine rings is 2. The molecular formula is C24H27N3O5S. The van der Waals surface area contributed by atoms with Crippen LogP contribution in [0.4, 0.5) is 0 Å². The molecule has 2 aromatic heterocycles. The number of hydrogen-bond acceptors (Lipinski definition) is 6. The molecule has 0 radical (unpaired) electrons. The lowest BCUT2D eigenvalue weighted by atomic mass is 9.91. The highest BCUT2D eigenvalue weighted by molar-refractivity contribution is 7.90. The van der Waals surface area contributed by atoms with Crippen LogP contribution in [0.1, 0.15) is 53.5 Å². The fraction of sp³-hybridized carbons (Fsp3) is 0.292. The predicted molar refractivity (Wildman–Crippen MR) is 125 cm³/mol. The van der Waals surface area contributed by atoms with Crippen LogP contribution in [-0.2, 0) is 15.4 Å². The molecule has 9 heteroatoms. The van der Waals surface area contributed by atoms with Gasteiger partial charge in [0.25, 0.3) is 15.9 Å². The van der Waals surface area contributed by atoms with Crippen molar-refractivity contribution in [1.29, 1.82) is 0 Å². The minimum atomic E-state index is -4.32. The Kier molecular flexibility index (Phi) is 6.46. The molecule has 3 rings (SSSR count). The van der Waals surface area contributed by atoms with Gasteiger partial charge in [-0.25, -0.2) is 9.71 Å². The zero-order valence-electron chi connectivity index (χ0n) is 19.4. The molecular weight excluding hydrogens is 442 g/mol. The van der Waals surface area contributed by atoms with Gasteiger partial charge < -0.3 is 9.72 Å². The zero-order valence-corrected chi connectivity index (χ0v) is 20.3. The lowest BCUT2D eigenvalue weighted by molar-refractivity contribution is 0.0978. The average Bonchev–Trinajstić information content (AvgIpc) is 2.69. The number of aromatic amines is 1. The lowest BCUT2D eigenvalue weighted by Gasteiger charge is -2.21.